The van der Waals surface area contributed by atoms with Crippen LogP contribution in [0.2, 0.25) is 0 Å². The Morgan fingerprint density at radius 2 is 0.966 bits per heavy atom. The molecule has 0 saturated carbocycles. The van der Waals surface area contributed by atoms with Crippen molar-refractivity contribution in [3.05, 3.63) is 0 Å². The number of nitrogens with one attached hydrogen (secondary N) is 2. The fourth-order valence-corrected chi connectivity index (χ4v) is 6.25. The fourth-order valence-electron chi connectivity index (χ4n) is 6.25. The van der Waals surface area contributed by atoms with Gasteiger partial charge in [0.25, 0.3) is 0 Å². The van der Waals surface area contributed by atoms with Crippen molar-refractivity contribution in [2.24, 2.45) is 0 Å². The first-order valence-electron chi connectivity index (χ1n) is 24.5. The van der Waals surface area contributed by atoms with Crippen molar-refractivity contribution in [1.29, 1.82) is 0 Å². The monoisotopic (exact) mass is 843 g/mol. The summed E-state index contributed by atoms with van der Waals surface area (Å²) in [6.45, 7) is 16.9. The van der Waals surface area contributed by atoms with E-state index in [0.29, 0.717) is 32.2 Å². The minimum absolute atomic E-state index is 0.0257. The van der Waals surface area contributed by atoms with Crippen molar-refractivity contribution in [2.45, 2.75) is 266 Å². The number of aliphatic hydroxyl groups is 1. The van der Waals surface area contributed by atoms with Gasteiger partial charge in [-0.15, -0.1) is 0 Å². The summed E-state index contributed by atoms with van der Waals surface area (Å²) >= 11 is 0. The molecular formula is C49H98N2O8. The molecule has 0 heterocycles. The van der Waals surface area contributed by atoms with Gasteiger partial charge in [0, 0.05) is 45.8 Å². The van der Waals surface area contributed by atoms with Crippen LogP contribution in [0.5, 0.6) is 0 Å². The number of hydrogen-bond acceptors (Lipinski definition) is 8. The van der Waals surface area contributed by atoms with Crippen LogP contribution in [0.4, 0.5) is 0 Å². The fraction of sp³-hybridized carbons (Fsp3) is 0.918. The molecule has 0 bridgehead atoms. The van der Waals surface area contributed by atoms with Crippen molar-refractivity contribution in [1.82, 2.24) is 10.6 Å². The maximum absolute atomic E-state index is 12.8. The third kappa shape index (κ3) is 46.7. The normalized spacial score (nSPS) is 12.0. The largest absolute Gasteiger partial charge is 0.463 e. The van der Waals surface area contributed by atoms with E-state index in [1.165, 1.54) is 103 Å². The second-order valence-corrected chi connectivity index (χ2v) is 16.6. The van der Waals surface area contributed by atoms with E-state index in [-0.39, 0.29) is 61.5 Å². The van der Waals surface area contributed by atoms with Gasteiger partial charge in [-0.25, -0.2) is 0 Å². The molecule has 352 valence electrons. The average Bonchev–Trinajstić information content (AvgIpc) is 3.23. The van der Waals surface area contributed by atoms with Crippen LogP contribution in [0.3, 0.4) is 0 Å². The summed E-state index contributed by atoms with van der Waals surface area (Å²) in [6, 6.07) is -0.494. The van der Waals surface area contributed by atoms with Gasteiger partial charge in [0.15, 0.2) is 0 Å². The molecule has 59 heavy (non-hydrogen) atoms. The van der Waals surface area contributed by atoms with Gasteiger partial charge in [-0.2, -0.15) is 0 Å². The van der Waals surface area contributed by atoms with Gasteiger partial charge < -0.3 is 30.0 Å². The first kappa shape index (κ1) is 61.1. The molecule has 0 aliphatic heterocycles. The van der Waals surface area contributed by atoms with Gasteiger partial charge in [-0.1, -0.05) is 176 Å². The third-order valence-corrected chi connectivity index (χ3v) is 10.4. The number of carbonyl (C=O) groups excluding carboxylic acids is 4. The van der Waals surface area contributed by atoms with Crippen molar-refractivity contribution in [3.8, 4) is 0 Å². The first-order valence-corrected chi connectivity index (χ1v) is 24.5. The van der Waals surface area contributed by atoms with Crippen molar-refractivity contribution in [2.75, 3.05) is 26.9 Å². The lowest BCUT2D eigenvalue weighted by Gasteiger charge is -2.24. The van der Waals surface area contributed by atoms with E-state index >= 15 is 0 Å². The summed E-state index contributed by atoms with van der Waals surface area (Å²) in [6.07, 6.45) is 30.2. The van der Waals surface area contributed by atoms with Gasteiger partial charge >= 0.3 is 11.9 Å². The van der Waals surface area contributed by atoms with Crippen LogP contribution in [0.25, 0.3) is 0 Å². The number of carbonyl (C=O) groups is 4. The molecule has 10 nitrogen and oxygen atoms in total. The Labute approximate surface area is 364 Å². The quantitative estimate of drug-likeness (QED) is 0.0410. The Hall–Kier alpha value is -2.20. The lowest BCUT2D eigenvalue weighted by Crippen LogP contribution is -2.42. The van der Waals surface area contributed by atoms with Crippen LogP contribution >= 0.6 is 0 Å². The second-order valence-electron chi connectivity index (χ2n) is 16.6. The molecule has 0 aliphatic rings. The predicted octanol–water partition coefficient (Wildman–Crippen LogP) is 12.3. The predicted molar refractivity (Wildman–Crippen MR) is 247 cm³/mol. The second kappa shape index (κ2) is 46.9. The molecule has 2 amide bonds. The van der Waals surface area contributed by atoms with E-state index in [1.807, 2.05) is 34.6 Å². The van der Waals surface area contributed by atoms with Crippen molar-refractivity contribution >= 4 is 23.8 Å². The molecule has 2 atom stereocenters. The summed E-state index contributed by atoms with van der Waals surface area (Å²) in [5.74, 6) is -0.900. The Kier molecular flexibility index (Phi) is 48.5. The minimum atomic E-state index is -0.494. The lowest BCUT2D eigenvalue weighted by atomic mass is 10.1. The molecule has 10 heteroatoms. The molecule has 0 aromatic carbocycles. The highest BCUT2D eigenvalue weighted by Crippen LogP contribution is 2.16. The number of hydrogen-bond donors (Lipinski definition) is 3. The Balaban J connectivity index is -0.00000312. The number of rotatable bonds is 39. The van der Waals surface area contributed by atoms with Crippen LogP contribution in [0.15, 0.2) is 0 Å². The van der Waals surface area contributed by atoms with Gasteiger partial charge in [-0.3, -0.25) is 19.2 Å². The SMILES string of the molecule is CC.CCCCCCCCCCCCCC(=O)OCC(CC(CC)OC(=O)CCCCCCCCCCCCC)NC(=O)CCC(=O)NCCCC.COC(C)(C)CO. The van der Waals surface area contributed by atoms with E-state index in [1.54, 1.807) is 7.11 Å². The van der Waals surface area contributed by atoms with Gasteiger partial charge in [0.05, 0.1) is 18.2 Å². The van der Waals surface area contributed by atoms with Crippen LogP contribution in [-0.4, -0.2) is 73.5 Å². The van der Waals surface area contributed by atoms with Crippen LogP contribution in [0, 0.1) is 0 Å². The Morgan fingerprint density at radius 1 is 0.559 bits per heavy atom. The number of aliphatic hydroxyl groups excluding tert-OH is 1. The highest BCUT2D eigenvalue weighted by Gasteiger charge is 2.22. The molecule has 0 spiro atoms. The topological polar surface area (TPSA) is 140 Å². The maximum Gasteiger partial charge on any atom is 0.306 e. The summed E-state index contributed by atoms with van der Waals surface area (Å²) in [5, 5.41) is 14.3. The summed E-state index contributed by atoms with van der Waals surface area (Å²) in [4.78, 5) is 50.2. The van der Waals surface area contributed by atoms with E-state index in [2.05, 4.69) is 31.4 Å². The average molecular weight is 843 g/mol. The van der Waals surface area contributed by atoms with Gasteiger partial charge in [0.1, 0.15) is 12.7 Å². The van der Waals surface area contributed by atoms with E-state index in [0.717, 1.165) is 51.4 Å². The zero-order valence-corrected chi connectivity index (χ0v) is 40.3. The van der Waals surface area contributed by atoms with Crippen molar-refractivity contribution < 1.29 is 38.5 Å². The minimum Gasteiger partial charge on any atom is -0.463 e. The van der Waals surface area contributed by atoms with Gasteiger partial charge in [-0.05, 0) is 39.5 Å². The first-order chi connectivity index (χ1) is 28.5. The van der Waals surface area contributed by atoms with E-state index in [9.17, 15) is 19.2 Å². The number of ether oxygens (including phenoxy) is 3. The molecule has 2 unspecified atom stereocenters. The molecule has 0 fully saturated rings. The molecular weight excluding hydrogens is 745 g/mol. The molecule has 0 aromatic heterocycles. The highest BCUT2D eigenvalue weighted by molar-refractivity contribution is 5.83. The molecule has 0 saturated heterocycles. The third-order valence-electron chi connectivity index (χ3n) is 10.4. The lowest BCUT2D eigenvalue weighted by molar-refractivity contribution is -0.152. The summed E-state index contributed by atoms with van der Waals surface area (Å²) < 4.78 is 16.3. The molecule has 0 radical (unpaired) electrons. The Morgan fingerprint density at radius 3 is 1.36 bits per heavy atom. The zero-order chi connectivity index (χ0) is 44.8. The number of methoxy groups -OCH3 is 1. The summed E-state index contributed by atoms with van der Waals surface area (Å²) in [7, 11) is 1.58. The van der Waals surface area contributed by atoms with E-state index in [4.69, 9.17) is 19.3 Å². The molecule has 0 rings (SSSR count). The van der Waals surface area contributed by atoms with Crippen LogP contribution < -0.4 is 10.6 Å². The highest BCUT2D eigenvalue weighted by atomic mass is 16.5. The summed E-state index contributed by atoms with van der Waals surface area (Å²) in [5.41, 5.74) is -0.361. The molecule has 3 N–H and O–H groups in total. The number of unbranched alkanes of at least 4 members (excludes halogenated alkanes) is 21. The van der Waals surface area contributed by atoms with Crippen LogP contribution in [-0.2, 0) is 33.4 Å². The van der Waals surface area contributed by atoms with E-state index < -0.39 is 6.04 Å². The standard InChI is InChI=1S/C42H80N2O6.C5H12O2.C2H6/c1-5-9-12-14-16-18-20-22-24-26-28-30-41(47)49-36-37(44-40(46)33-32-39(45)43-34-11-7-3)35-38(8-4)50-42(48)31-29-27-25-23-21-19-17-15-13-10-6-2;1-5(2,4-6)7-3;1-2/h37-38H,5-36H2,1-4H3,(H,43,45)(H,44,46);6H,4H2,1-3H3;1-2H3. The number of amides is 2. The van der Waals surface area contributed by atoms with Gasteiger partial charge in [0.2, 0.25) is 11.8 Å². The smallest absolute Gasteiger partial charge is 0.306 e. The Bertz CT molecular complexity index is 939. The molecule has 0 aromatic rings. The number of esters is 2. The maximum atomic E-state index is 12.8. The van der Waals surface area contributed by atoms with Crippen LogP contribution in [0.1, 0.15) is 248 Å². The van der Waals surface area contributed by atoms with Crippen molar-refractivity contribution in [3.63, 3.8) is 0 Å². The molecule has 0 aliphatic carbocycles. The zero-order valence-electron chi connectivity index (χ0n) is 40.3.